The number of rotatable bonds is 5. The summed E-state index contributed by atoms with van der Waals surface area (Å²) in [6, 6.07) is 9.13. The van der Waals surface area contributed by atoms with Gasteiger partial charge in [0.2, 0.25) is 5.91 Å². The second-order valence-electron chi connectivity index (χ2n) is 5.58. The van der Waals surface area contributed by atoms with Gasteiger partial charge in [-0.3, -0.25) is 9.59 Å². The number of hydrogen-bond acceptors (Lipinski definition) is 4. The number of anilines is 1. The van der Waals surface area contributed by atoms with Gasteiger partial charge in [0.15, 0.2) is 0 Å². The molecular weight excluding hydrogens is 294 g/mol. The average Bonchev–Trinajstić information content (AvgIpc) is 3.19. The molecule has 0 unspecified atom stereocenters. The Labute approximate surface area is 134 Å². The molecule has 0 aliphatic carbocycles. The smallest absolute Gasteiger partial charge is 0.258 e. The molecule has 0 radical (unpaired) electrons. The highest BCUT2D eigenvalue weighted by atomic mass is 16.3. The quantitative estimate of drug-likeness (QED) is 0.885. The minimum Gasteiger partial charge on any atom is -0.467 e. The van der Waals surface area contributed by atoms with E-state index in [4.69, 9.17) is 10.2 Å². The maximum Gasteiger partial charge on any atom is 0.258 e. The summed E-state index contributed by atoms with van der Waals surface area (Å²) in [7, 11) is 0. The Kier molecular flexibility index (Phi) is 4.43. The van der Waals surface area contributed by atoms with Gasteiger partial charge in [-0.05, 0) is 30.2 Å². The Hall–Kier alpha value is -2.60. The molecule has 23 heavy (non-hydrogen) atoms. The maximum atomic E-state index is 12.1. The standard InChI is InChI=1S/C17H19N3O3/c18-9-15-8-13(11-23-15)17(22)19-14-5-3-12(4-6-14)10-20-7-1-2-16(20)21/h3-6,8,11H,1-2,7,9-10,18H2,(H,19,22). The van der Waals surface area contributed by atoms with Crippen LogP contribution in [0.5, 0.6) is 0 Å². The summed E-state index contributed by atoms with van der Waals surface area (Å²) in [6.45, 7) is 1.70. The first kappa shape index (κ1) is 15.3. The third-order valence-corrected chi connectivity index (χ3v) is 3.87. The predicted octanol–water partition coefficient (Wildman–Crippen LogP) is 2.11. The zero-order valence-electron chi connectivity index (χ0n) is 12.7. The molecule has 2 heterocycles. The number of hydrogen-bond donors (Lipinski definition) is 2. The summed E-state index contributed by atoms with van der Waals surface area (Å²) in [5.74, 6) is 0.537. The number of carbonyl (C=O) groups is 2. The lowest BCUT2D eigenvalue weighted by molar-refractivity contribution is -0.128. The monoisotopic (exact) mass is 313 g/mol. The topological polar surface area (TPSA) is 88.6 Å². The molecule has 1 aliphatic rings. The number of likely N-dealkylation sites (tertiary alicyclic amines) is 1. The molecule has 0 saturated carbocycles. The Morgan fingerprint density at radius 2 is 2.09 bits per heavy atom. The molecule has 2 aromatic rings. The van der Waals surface area contributed by atoms with Crippen molar-refractivity contribution >= 4 is 17.5 Å². The second-order valence-corrected chi connectivity index (χ2v) is 5.58. The fraction of sp³-hybridized carbons (Fsp3) is 0.294. The normalized spacial score (nSPS) is 14.3. The minimum atomic E-state index is -0.240. The van der Waals surface area contributed by atoms with E-state index in [2.05, 4.69) is 5.32 Å². The van der Waals surface area contributed by atoms with Gasteiger partial charge in [-0.2, -0.15) is 0 Å². The summed E-state index contributed by atoms with van der Waals surface area (Å²) >= 11 is 0. The summed E-state index contributed by atoms with van der Waals surface area (Å²) in [6.07, 6.45) is 2.97. The Balaban J connectivity index is 1.60. The molecule has 0 spiro atoms. The highest BCUT2D eigenvalue weighted by molar-refractivity contribution is 6.04. The van der Waals surface area contributed by atoms with Crippen molar-refractivity contribution in [2.45, 2.75) is 25.9 Å². The first-order chi connectivity index (χ1) is 11.2. The van der Waals surface area contributed by atoms with Crippen LogP contribution in [0.2, 0.25) is 0 Å². The number of nitrogens with one attached hydrogen (secondary N) is 1. The number of carbonyl (C=O) groups excluding carboxylic acids is 2. The van der Waals surface area contributed by atoms with Crippen LogP contribution in [0.3, 0.4) is 0 Å². The first-order valence-corrected chi connectivity index (χ1v) is 7.61. The van der Waals surface area contributed by atoms with Crippen LogP contribution in [-0.2, 0) is 17.9 Å². The van der Waals surface area contributed by atoms with Gasteiger partial charge in [0.25, 0.3) is 5.91 Å². The molecular formula is C17H19N3O3. The zero-order chi connectivity index (χ0) is 16.2. The van der Waals surface area contributed by atoms with E-state index in [9.17, 15) is 9.59 Å². The van der Waals surface area contributed by atoms with E-state index in [0.717, 1.165) is 18.5 Å². The number of furan rings is 1. The summed E-state index contributed by atoms with van der Waals surface area (Å²) < 4.78 is 5.15. The van der Waals surface area contributed by atoms with Crippen molar-refractivity contribution in [1.82, 2.24) is 4.90 Å². The van der Waals surface area contributed by atoms with E-state index in [-0.39, 0.29) is 18.4 Å². The number of amides is 2. The zero-order valence-corrected chi connectivity index (χ0v) is 12.7. The van der Waals surface area contributed by atoms with E-state index in [1.54, 1.807) is 6.07 Å². The summed E-state index contributed by atoms with van der Waals surface area (Å²) in [5, 5.41) is 2.80. The van der Waals surface area contributed by atoms with Crippen LogP contribution in [0.25, 0.3) is 0 Å². The molecule has 6 heteroatoms. The fourth-order valence-electron chi connectivity index (χ4n) is 2.60. The molecule has 3 rings (SSSR count). The van der Waals surface area contributed by atoms with Crippen LogP contribution >= 0.6 is 0 Å². The van der Waals surface area contributed by atoms with Gasteiger partial charge in [-0.15, -0.1) is 0 Å². The number of nitrogens with two attached hydrogens (primary N) is 1. The van der Waals surface area contributed by atoms with Gasteiger partial charge >= 0.3 is 0 Å². The lowest BCUT2D eigenvalue weighted by Gasteiger charge is -2.15. The van der Waals surface area contributed by atoms with E-state index < -0.39 is 0 Å². The number of nitrogens with zero attached hydrogens (tertiary/aromatic N) is 1. The lowest BCUT2D eigenvalue weighted by Crippen LogP contribution is -2.23. The van der Waals surface area contributed by atoms with E-state index in [0.29, 0.717) is 30.0 Å². The van der Waals surface area contributed by atoms with Crippen LogP contribution in [0, 0.1) is 0 Å². The first-order valence-electron chi connectivity index (χ1n) is 7.61. The molecule has 1 fully saturated rings. The van der Waals surface area contributed by atoms with Crippen molar-refractivity contribution in [2.24, 2.45) is 5.73 Å². The summed E-state index contributed by atoms with van der Waals surface area (Å²) in [5.41, 5.74) is 7.64. The highest BCUT2D eigenvalue weighted by Gasteiger charge is 2.19. The minimum absolute atomic E-state index is 0.207. The molecule has 1 saturated heterocycles. The average molecular weight is 313 g/mol. The third-order valence-electron chi connectivity index (χ3n) is 3.87. The SMILES string of the molecule is NCc1cc(C(=O)Nc2ccc(CN3CCCC3=O)cc2)co1. The molecule has 3 N–H and O–H groups in total. The Bertz CT molecular complexity index is 706. The molecule has 1 aliphatic heterocycles. The van der Waals surface area contributed by atoms with Gasteiger partial charge in [-0.25, -0.2) is 0 Å². The Morgan fingerprint density at radius 3 is 2.70 bits per heavy atom. The van der Waals surface area contributed by atoms with E-state index in [1.807, 2.05) is 29.2 Å². The molecule has 0 atom stereocenters. The van der Waals surface area contributed by atoms with Crippen LogP contribution in [0.1, 0.15) is 34.5 Å². The highest BCUT2D eigenvalue weighted by Crippen LogP contribution is 2.17. The van der Waals surface area contributed by atoms with Crippen molar-refractivity contribution < 1.29 is 14.0 Å². The lowest BCUT2D eigenvalue weighted by atomic mass is 10.2. The van der Waals surface area contributed by atoms with Crippen molar-refractivity contribution in [3.05, 3.63) is 53.5 Å². The van der Waals surface area contributed by atoms with Crippen molar-refractivity contribution in [2.75, 3.05) is 11.9 Å². The van der Waals surface area contributed by atoms with Gasteiger partial charge in [0.1, 0.15) is 12.0 Å². The van der Waals surface area contributed by atoms with Crippen molar-refractivity contribution in [1.29, 1.82) is 0 Å². The fourth-order valence-corrected chi connectivity index (χ4v) is 2.60. The molecule has 0 bridgehead atoms. The van der Waals surface area contributed by atoms with Crippen molar-refractivity contribution in [3.63, 3.8) is 0 Å². The predicted molar refractivity (Wildman–Crippen MR) is 85.6 cm³/mol. The van der Waals surface area contributed by atoms with Gasteiger partial charge in [0, 0.05) is 25.2 Å². The maximum absolute atomic E-state index is 12.1. The number of benzene rings is 1. The van der Waals surface area contributed by atoms with Gasteiger partial charge < -0.3 is 20.4 Å². The second kappa shape index (κ2) is 6.66. The van der Waals surface area contributed by atoms with Crippen LogP contribution < -0.4 is 11.1 Å². The molecule has 6 nitrogen and oxygen atoms in total. The molecule has 2 amide bonds. The molecule has 1 aromatic carbocycles. The van der Waals surface area contributed by atoms with E-state index >= 15 is 0 Å². The summed E-state index contributed by atoms with van der Waals surface area (Å²) in [4.78, 5) is 25.6. The van der Waals surface area contributed by atoms with E-state index in [1.165, 1.54) is 6.26 Å². The van der Waals surface area contributed by atoms with Crippen LogP contribution in [0.15, 0.2) is 41.0 Å². The van der Waals surface area contributed by atoms with Gasteiger partial charge in [0.05, 0.1) is 12.1 Å². The van der Waals surface area contributed by atoms with Crippen LogP contribution in [-0.4, -0.2) is 23.3 Å². The van der Waals surface area contributed by atoms with Crippen LogP contribution in [0.4, 0.5) is 5.69 Å². The molecule has 1 aromatic heterocycles. The largest absolute Gasteiger partial charge is 0.467 e. The Morgan fingerprint density at radius 1 is 1.30 bits per heavy atom. The van der Waals surface area contributed by atoms with Crippen molar-refractivity contribution in [3.8, 4) is 0 Å². The molecule has 120 valence electrons. The third kappa shape index (κ3) is 3.60. The van der Waals surface area contributed by atoms with Gasteiger partial charge in [-0.1, -0.05) is 12.1 Å².